The fourth-order valence-corrected chi connectivity index (χ4v) is 4.26. The van der Waals surface area contributed by atoms with Crippen LogP contribution in [0.2, 0.25) is 0 Å². The molecule has 0 saturated heterocycles. The van der Waals surface area contributed by atoms with E-state index in [-0.39, 0.29) is 0 Å². The van der Waals surface area contributed by atoms with Crippen molar-refractivity contribution in [3.63, 3.8) is 0 Å². The minimum absolute atomic E-state index is 0.715. The fourth-order valence-electron chi connectivity index (χ4n) is 2.70. The Balaban J connectivity index is 3.10. The summed E-state index contributed by atoms with van der Waals surface area (Å²) in [5.74, 6) is 0. The summed E-state index contributed by atoms with van der Waals surface area (Å²) in [4.78, 5) is 3.14. The second-order valence-electron chi connectivity index (χ2n) is 5.41. The van der Waals surface area contributed by atoms with E-state index in [2.05, 4.69) is 18.8 Å². The Kier molecular flexibility index (Phi) is 6.11. The normalized spacial score (nSPS) is 15.3. The molecule has 110 valence electrons. The van der Waals surface area contributed by atoms with E-state index in [0.29, 0.717) is 6.42 Å². The minimum atomic E-state index is -3.13. The van der Waals surface area contributed by atoms with Gasteiger partial charge in [0.05, 0.1) is 0 Å². The number of sulfone groups is 1. The van der Waals surface area contributed by atoms with Gasteiger partial charge in [-0.3, -0.25) is 0 Å². The third kappa shape index (κ3) is 3.85. The molecular weight excluding hydrogens is 258 g/mol. The van der Waals surface area contributed by atoms with Crippen LogP contribution in [-0.2, 0) is 14.6 Å². The van der Waals surface area contributed by atoms with Crippen LogP contribution in [-0.4, -0.2) is 19.7 Å². The largest absolute Gasteiger partial charge is 0.364 e. The highest BCUT2D eigenvalue weighted by atomic mass is 32.2. The van der Waals surface area contributed by atoms with Gasteiger partial charge in [0.1, 0.15) is 4.75 Å². The van der Waals surface area contributed by atoms with Crippen LogP contribution in [0.25, 0.3) is 0 Å². The Labute approximate surface area is 117 Å². The molecule has 0 bridgehead atoms. The summed E-state index contributed by atoms with van der Waals surface area (Å²) in [7, 11) is -3.13. The molecule has 0 radical (unpaired) electrons. The molecule has 0 spiro atoms. The maximum atomic E-state index is 12.4. The monoisotopic (exact) mass is 285 g/mol. The molecule has 1 atom stereocenters. The van der Waals surface area contributed by atoms with Gasteiger partial charge >= 0.3 is 0 Å². The molecule has 1 N–H and O–H groups in total. The molecule has 0 fully saturated rings. The number of rotatable bonds is 9. The molecule has 3 nitrogen and oxygen atoms in total. The van der Waals surface area contributed by atoms with Gasteiger partial charge in [0, 0.05) is 18.1 Å². The number of unbranched alkanes of at least 4 members (excludes halogenated alkanes) is 3. The zero-order chi connectivity index (χ0) is 14.4. The van der Waals surface area contributed by atoms with Gasteiger partial charge < -0.3 is 4.98 Å². The molecule has 0 aliphatic carbocycles. The highest BCUT2D eigenvalue weighted by molar-refractivity contribution is 7.91. The Bertz CT molecular complexity index is 450. The number of nitrogens with one attached hydrogen (secondary N) is 1. The standard InChI is InChI=1S/C15H27NO2S/c1-4-6-8-12-15(11-7-5-2,19(3,17)18)14-10-9-13-16-14/h9-10,13,16H,4-8,11-12H2,1-3H3. The summed E-state index contributed by atoms with van der Waals surface area (Å²) in [6.07, 6.45) is 9.77. The maximum Gasteiger partial charge on any atom is 0.158 e. The Morgan fingerprint density at radius 2 is 1.74 bits per heavy atom. The predicted octanol–water partition coefficient (Wildman–Crippen LogP) is 4.03. The Hall–Kier alpha value is -0.770. The topological polar surface area (TPSA) is 49.9 Å². The van der Waals surface area contributed by atoms with Crippen LogP contribution < -0.4 is 0 Å². The summed E-state index contributed by atoms with van der Waals surface area (Å²) >= 11 is 0. The smallest absolute Gasteiger partial charge is 0.158 e. The fraction of sp³-hybridized carbons (Fsp3) is 0.733. The maximum absolute atomic E-state index is 12.4. The third-order valence-electron chi connectivity index (χ3n) is 3.92. The first kappa shape index (κ1) is 16.3. The molecule has 19 heavy (non-hydrogen) atoms. The van der Waals surface area contributed by atoms with Crippen LogP contribution in [0.1, 0.15) is 64.5 Å². The van der Waals surface area contributed by atoms with Gasteiger partial charge in [0.15, 0.2) is 9.84 Å². The van der Waals surface area contributed by atoms with Crippen molar-refractivity contribution in [1.29, 1.82) is 0 Å². The van der Waals surface area contributed by atoms with Crippen LogP contribution in [0.15, 0.2) is 18.3 Å². The van der Waals surface area contributed by atoms with Crippen molar-refractivity contribution >= 4 is 9.84 Å². The molecule has 1 heterocycles. The van der Waals surface area contributed by atoms with E-state index in [4.69, 9.17) is 0 Å². The SMILES string of the molecule is CCCCCC(CCCC)(c1ccc[nH]1)S(C)(=O)=O. The number of H-pyrrole nitrogens is 1. The molecule has 0 aliphatic heterocycles. The van der Waals surface area contributed by atoms with Crippen molar-refractivity contribution in [3.05, 3.63) is 24.0 Å². The molecule has 0 aromatic carbocycles. The predicted molar refractivity (Wildman–Crippen MR) is 81.0 cm³/mol. The van der Waals surface area contributed by atoms with Gasteiger partial charge in [0.2, 0.25) is 0 Å². The Morgan fingerprint density at radius 1 is 1.11 bits per heavy atom. The lowest BCUT2D eigenvalue weighted by Gasteiger charge is -2.31. The summed E-state index contributed by atoms with van der Waals surface area (Å²) in [6.45, 7) is 4.25. The average Bonchev–Trinajstić information content (AvgIpc) is 2.86. The quantitative estimate of drug-likeness (QED) is 0.696. The number of aromatic nitrogens is 1. The molecule has 0 aliphatic rings. The van der Waals surface area contributed by atoms with Crippen molar-refractivity contribution < 1.29 is 8.42 Å². The Morgan fingerprint density at radius 3 is 2.21 bits per heavy atom. The lowest BCUT2D eigenvalue weighted by molar-refractivity contribution is 0.429. The van der Waals surface area contributed by atoms with E-state index in [9.17, 15) is 8.42 Å². The summed E-state index contributed by atoms with van der Waals surface area (Å²) in [5.41, 5.74) is 0.861. The molecule has 1 unspecified atom stereocenters. The van der Waals surface area contributed by atoms with Gasteiger partial charge in [-0.15, -0.1) is 0 Å². The molecule has 0 amide bonds. The first-order valence-electron chi connectivity index (χ1n) is 7.31. The van der Waals surface area contributed by atoms with Crippen molar-refractivity contribution in [2.24, 2.45) is 0 Å². The van der Waals surface area contributed by atoms with Gasteiger partial charge in [-0.2, -0.15) is 0 Å². The number of hydrogen-bond donors (Lipinski definition) is 1. The van der Waals surface area contributed by atoms with Gasteiger partial charge in [0.25, 0.3) is 0 Å². The van der Waals surface area contributed by atoms with E-state index >= 15 is 0 Å². The molecule has 0 saturated carbocycles. The van der Waals surface area contributed by atoms with Crippen molar-refractivity contribution in [1.82, 2.24) is 4.98 Å². The molecule has 1 rings (SSSR count). The van der Waals surface area contributed by atoms with Crippen molar-refractivity contribution in [2.75, 3.05) is 6.26 Å². The summed E-state index contributed by atoms with van der Waals surface area (Å²) in [5, 5.41) is 0. The minimum Gasteiger partial charge on any atom is -0.364 e. The lowest BCUT2D eigenvalue weighted by Crippen LogP contribution is -2.35. The molecule has 1 aromatic rings. The summed E-state index contributed by atoms with van der Waals surface area (Å²) in [6, 6.07) is 3.81. The first-order valence-corrected chi connectivity index (χ1v) is 9.20. The van der Waals surface area contributed by atoms with Crippen LogP contribution >= 0.6 is 0 Å². The molecular formula is C15H27NO2S. The highest BCUT2D eigenvalue weighted by Crippen LogP contribution is 2.39. The van der Waals surface area contributed by atoms with Gasteiger partial charge in [-0.25, -0.2) is 8.42 Å². The van der Waals surface area contributed by atoms with Crippen LogP contribution in [0.3, 0.4) is 0 Å². The highest BCUT2D eigenvalue weighted by Gasteiger charge is 2.42. The van der Waals surface area contributed by atoms with Crippen LogP contribution in [0, 0.1) is 0 Å². The molecule has 4 heteroatoms. The first-order chi connectivity index (χ1) is 8.98. The second-order valence-corrected chi connectivity index (χ2v) is 7.74. The van der Waals surface area contributed by atoms with Crippen molar-refractivity contribution in [3.8, 4) is 0 Å². The zero-order valence-corrected chi connectivity index (χ0v) is 13.2. The lowest BCUT2D eigenvalue weighted by atomic mass is 9.91. The number of hydrogen-bond acceptors (Lipinski definition) is 2. The van der Waals surface area contributed by atoms with Crippen LogP contribution in [0.4, 0.5) is 0 Å². The van der Waals surface area contributed by atoms with Gasteiger partial charge in [-0.1, -0.05) is 46.0 Å². The average molecular weight is 285 g/mol. The summed E-state index contributed by atoms with van der Waals surface area (Å²) < 4.78 is 24.1. The van der Waals surface area contributed by atoms with E-state index < -0.39 is 14.6 Å². The second kappa shape index (κ2) is 7.13. The van der Waals surface area contributed by atoms with E-state index in [1.54, 1.807) is 0 Å². The van der Waals surface area contributed by atoms with Gasteiger partial charge in [-0.05, 0) is 25.0 Å². The van der Waals surface area contributed by atoms with E-state index in [1.165, 1.54) is 6.26 Å². The number of aromatic amines is 1. The van der Waals surface area contributed by atoms with Crippen molar-refractivity contribution in [2.45, 2.75) is 63.5 Å². The van der Waals surface area contributed by atoms with E-state index in [1.807, 2.05) is 18.3 Å². The third-order valence-corrected chi connectivity index (χ3v) is 5.96. The van der Waals surface area contributed by atoms with Crippen LogP contribution in [0.5, 0.6) is 0 Å². The molecule has 1 aromatic heterocycles. The zero-order valence-electron chi connectivity index (χ0n) is 12.4. The van der Waals surface area contributed by atoms with E-state index in [0.717, 1.165) is 44.2 Å².